The molecule has 4 heteroatoms. The zero-order chi connectivity index (χ0) is 18.9. The molecule has 1 aromatic heterocycles. The number of ether oxygens (including phenoxy) is 1. The highest BCUT2D eigenvalue weighted by molar-refractivity contribution is 5.65. The fourth-order valence-corrected chi connectivity index (χ4v) is 2.04. The number of rotatable bonds is 11. The number of aliphatic hydroxyl groups is 1. The van der Waals surface area contributed by atoms with Crippen LogP contribution in [0.5, 0.6) is 0 Å². The maximum Gasteiger partial charge on any atom is 0.177 e. The van der Waals surface area contributed by atoms with Crippen LogP contribution in [-0.2, 0) is 17.7 Å². The second-order valence-corrected chi connectivity index (χ2v) is 5.13. The van der Waals surface area contributed by atoms with Crippen LogP contribution in [-0.4, -0.2) is 24.0 Å². The van der Waals surface area contributed by atoms with Crippen molar-refractivity contribution in [2.75, 3.05) is 6.61 Å². The summed E-state index contributed by atoms with van der Waals surface area (Å²) >= 11 is 0. The zero-order valence-electron chi connectivity index (χ0n) is 15.5. The van der Waals surface area contributed by atoms with Crippen molar-refractivity contribution >= 4 is 6.21 Å². The molecule has 1 atom stereocenters. The van der Waals surface area contributed by atoms with Gasteiger partial charge in [-0.25, -0.2) is 4.57 Å². The van der Waals surface area contributed by atoms with Gasteiger partial charge in [-0.2, -0.15) is 0 Å². The van der Waals surface area contributed by atoms with E-state index in [1.165, 1.54) is 6.21 Å². The molecule has 0 saturated heterocycles. The molecule has 1 aromatic rings. The number of nitrogens with two attached hydrogens (primary N) is 1. The molecule has 4 nitrogen and oxygen atoms in total. The van der Waals surface area contributed by atoms with Crippen molar-refractivity contribution in [1.82, 2.24) is 0 Å². The summed E-state index contributed by atoms with van der Waals surface area (Å²) in [5, 5.41) is 15.4. The summed E-state index contributed by atoms with van der Waals surface area (Å²) < 4.78 is 7.41. The topological polar surface area (TPSA) is 58.9 Å². The number of aliphatic hydroxyl groups excluding tert-OH is 1. The molecule has 136 valence electrons. The Kier molecular flexibility index (Phi) is 13.6. The van der Waals surface area contributed by atoms with Gasteiger partial charge in [-0.05, 0) is 30.6 Å². The minimum Gasteiger partial charge on any atom is -0.498 e. The van der Waals surface area contributed by atoms with Crippen molar-refractivity contribution < 1.29 is 19.8 Å². The maximum atomic E-state index is 10.1. The molecule has 1 unspecified atom stereocenters. The summed E-state index contributed by atoms with van der Waals surface area (Å²) in [7, 11) is 0. The molecule has 0 bridgehead atoms. The van der Waals surface area contributed by atoms with Gasteiger partial charge in [0.25, 0.3) is 0 Å². The van der Waals surface area contributed by atoms with Crippen LogP contribution >= 0.6 is 0 Å². The lowest BCUT2D eigenvalue weighted by molar-refractivity contribution is -0.704. The maximum absolute atomic E-state index is 10.1. The zero-order valence-corrected chi connectivity index (χ0v) is 15.5. The Bertz CT molecular complexity index is 577. The smallest absolute Gasteiger partial charge is 0.177 e. The Labute approximate surface area is 152 Å². The molecule has 0 spiro atoms. The number of pyridine rings is 1. The van der Waals surface area contributed by atoms with Gasteiger partial charge in [-0.15, -0.1) is 13.2 Å². The molecule has 1 rings (SSSR count). The molecule has 25 heavy (non-hydrogen) atoms. The first-order valence-corrected chi connectivity index (χ1v) is 8.59. The summed E-state index contributed by atoms with van der Waals surface area (Å²) in [6.45, 7) is 12.1. The average molecular weight is 344 g/mol. The third kappa shape index (κ3) is 10.8. The minimum absolute atomic E-state index is 0.222. The SMILES string of the molecule is C=CCC(/C=C\C=[NH2+])=C/OCC(O)C[n+]1cccc(CC=C)c1.CC. The van der Waals surface area contributed by atoms with Gasteiger partial charge >= 0.3 is 0 Å². The van der Waals surface area contributed by atoms with Gasteiger partial charge in [-0.1, -0.05) is 26.0 Å². The van der Waals surface area contributed by atoms with Gasteiger partial charge < -0.3 is 9.84 Å². The van der Waals surface area contributed by atoms with Gasteiger partial charge in [0.05, 0.1) is 6.26 Å². The minimum atomic E-state index is -0.592. The van der Waals surface area contributed by atoms with E-state index in [2.05, 4.69) is 13.2 Å². The van der Waals surface area contributed by atoms with E-state index in [-0.39, 0.29) is 6.61 Å². The van der Waals surface area contributed by atoms with Gasteiger partial charge in [0.2, 0.25) is 0 Å². The molecule has 0 aromatic carbocycles. The van der Waals surface area contributed by atoms with Crippen molar-refractivity contribution in [3.8, 4) is 0 Å². The molecule has 0 aliphatic rings. The van der Waals surface area contributed by atoms with E-state index in [0.717, 1.165) is 17.6 Å². The van der Waals surface area contributed by atoms with E-state index in [1.54, 1.807) is 18.4 Å². The number of hydrogen-bond donors (Lipinski definition) is 2. The first kappa shape index (κ1) is 22.5. The predicted octanol–water partition coefficient (Wildman–Crippen LogP) is 1.95. The summed E-state index contributed by atoms with van der Waals surface area (Å²) in [6, 6.07) is 3.99. The van der Waals surface area contributed by atoms with Gasteiger partial charge in [0, 0.05) is 17.7 Å². The Morgan fingerprint density at radius 3 is 2.76 bits per heavy atom. The van der Waals surface area contributed by atoms with Crippen LogP contribution in [0.15, 0.2) is 73.8 Å². The van der Waals surface area contributed by atoms with Crippen molar-refractivity contribution in [3.05, 3.63) is 79.4 Å². The van der Waals surface area contributed by atoms with Crippen LogP contribution < -0.4 is 9.98 Å². The van der Waals surface area contributed by atoms with Crippen molar-refractivity contribution in [2.45, 2.75) is 39.3 Å². The average Bonchev–Trinajstić information content (AvgIpc) is 2.62. The van der Waals surface area contributed by atoms with E-state index in [4.69, 9.17) is 10.1 Å². The Morgan fingerprint density at radius 1 is 1.36 bits per heavy atom. The molecule has 3 N–H and O–H groups in total. The van der Waals surface area contributed by atoms with Crippen LogP contribution in [0.3, 0.4) is 0 Å². The molecule has 1 heterocycles. The van der Waals surface area contributed by atoms with Crippen LogP contribution in [0.2, 0.25) is 0 Å². The van der Waals surface area contributed by atoms with E-state index in [9.17, 15) is 5.11 Å². The largest absolute Gasteiger partial charge is 0.498 e. The first-order valence-electron chi connectivity index (χ1n) is 8.59. The normalized spacial score (nSPS) is 12.0. The lowest BCUT2D eigenvalue weighted by Crippen LogP contribution is -2.41. The van der Waals surface area contributed by atoms with E-state index in [1.807, 2.05) is 55.1 Å². The number of allylic oxidation sites excluding steroid dienone is 5. The first-order chi connectivity index (χ1) is 12.2. The van der Waals surface area contributed by atoms with Crippen LogP contribution in [0.4, 0.5) is 0 Å². The van der Waals surface area contributed by atoms with E-state index >= 15 is 0 Å². The van der Waals surface area contributed by atoms with E-state index < -0.39 is 6.10 Å². The van der Waals surface area contributed by atoms with E-state index in [0.29, 0.717) is 13.0 Å². The third-order valence-electron chi connectivity index (χ3n) is 3.05. The summed E-state index contributed by atoms with van der Waals surface area (Å²) in [4.78, 5) is 0. The molecule has 0 aliphatic carbocycles. The van der Waals surface area contributed by atoms with Gasteiger partial charge in [0.15, 0.2) is 25.2 Å². The molecular weight excluding hydrogens is 312 g/mol. The number of nitrogens with zero attached hydrogens (tertiary/aromatic N) is 1. The Balaban J connectivity index is 0.00000277. The molecule has 0 aliphatic heterocycles. The Hall–Kier alpha value is -2.46. The fraction of sp³-hybridized carbons (Fsp3) is 0.333. The lowest BCUT2D eigenvalue weighted by atomic mass is 10.2. The highest BCUT2D eigenvalue weighted by Crippen LogP contribution is 2.04. The second kappa shape index (κ2) is 15.1. The number of hydrogen-bond acceptors (Lipinski definition) is 2. The quantitative estimate of drug-likeness (QED) is 0.212. The highest BCUT2D eigenvalue weighted by atomic mass is 16.5. The van der Waals surface area contributed by atoms with Crippen molar-refractivity contribution in [3.63, 3.8) is 0 Å². The van der Waals surface area contributed by atoms with Crippen LogP contribution in [0.25, 0.3) is 0 Å². The molecule has 0 amide bonds. The second-order valence-electron chi connectivity index (χ2n) is 5.13. The number of aromatic nitrogens is 1. The molecule has 0 fully saturated rings. The molecule has 0 radical (unpaired) electrons. The summed E-state index contributed by atoms with van der Waals surface area (Å²) in [5.74, 6) is 0. The molecular formula is C21H32N2O2+2. The van der Waals surface area contributed by atoms with Crippen LogP contribution in [0.1, 0.15) is 25.8 Å². The van der Waals surface area contributed by atoms with Crippen molar-refractivity contribution in [2.24, 2.45) is 0 Å². The third-order valence-corrected chi connectivity index (χ3v) is 3.05. The summed E-state index contributed by atoms with van der Waals surface area (Å²) in [5.41, 5.74) is 2.10. The van der Waals surface area contributed by atoms with Gasteiger partial charge in [0.1, 0.15) is 12.7 Å². The summed E-state index contributed by atoms with van der Waals surface area (Å²) in [6.07, 6.45) is 15.1. The molecule has 0 saturated carbocycles. The van der Waals surface area contributed by atoms with Crippen LogP contribution in [0, 0.1) is 0 Å². The van der Waals surface area contributed by atoms with Gasteiger partial charge in [-0.3, -0.25) is 5.41 Å². The monoisotopic (exact) mass is 344 g/mol. The Morgan fingerprint density at radius 2 is 2.12 bits per heavy atom. The fourth-order valence-electron chi connectivity index (χ4n) is 2.04. The standard InChI is InChI=1S/C19H25N2O2.C2H6/c1-3-7-17-10-6-12-21(13-17)14-19(22)16-23-15-18(8-4-2)9-5-11-20;1-2/h3-6,9-13,15,19-20,22H,1-2,7-8,14,16H2;1-2H3/q+1;/p+1/b9-5-,18-15-,20-11?;. The lowest BCUT2D eigenvalue weighted by Gasteiger charge is -2.08. The predicted molar refractivity (Wildman–Crippen MR) is 104 cm³/mol. The van der Waals surface area contributed by atoms with Crippen molar-refractivity contribution in [1.29, 1.82) is 0 Å². The highest BCUT2D eigenvalue weighted by Gasteiger charge is 2.11.